The second kappa shape index (κ2) is 5.47. The number of hydrogen-bond donors (Lipinski definition) is 1. The standard InChI is InChI=1S/C12H12ClN3/c13-7-10-1-3-11(4-2-10)8-16-12-9-14-5-6-15-12/h1-6,9H,7-8H2,(H,15,16). The molecule has 1 N–H and O–H groups in total. The van der Waals surface area contributed by atoms with Gasteiger partial charge < -0.3 is 5.32 Å². The normalized spacial score (nSPS) is 10.1. The molecule has 0 radical (unpaired) electrons. The second-order valence-electron chi connectivity index (χ2n) is 3.39. The van der Waals surface area contributed by atoms with Crippen LogP contribution in [-0.4, -0.2) is 9.97 Å². The minimum absolute atomic E-state index is 0.553. The molecule has 1 aromatic heterocycles. The van der Waals surface area contributed by atoms with Crippen LogP contribution in [0.5, 0.6) is 0 Å². The lowest BCUT2D eigenvalue weighted by molar-refractivity contribution is 1.08. The first-order chi connectivity index (χ1) is 7.88. The Morgan fingerprint density at radius 3 is 2.44 bits per heavy atom. The van der Waals surface area contributed by atoms with E-state index in [2.05, 4.69) is 27.4 Å². The number of halogens is 1. The summed E-state index contributed by atoms with van der Waals surface area (Å²) in [6, 6.07) is 8.17. The molecule has 16 heavy (non-hydrogen) atoms. The summed E-state index contributed by atoms with van der Waals surface area (Å²) in [7, 11) is 0. The van der Waals surface area contributed by atoms with Gasteiger partial charge in [0.05, 0.1) is 6.20 Å². The highest BCUT2D eigenvalue weighted by Crippen LogP contribution is 2.08. The van der Waals surface area contributed by atoms with Gasteiger partial charge in [-0.15, -0.1) is 11.6 Å². The van der Waals surface area contributed by atoms with Gasteiger partial charge in [0.1, 0.15) is 5.82 Å². The molecular weight excluding hydrogens is 222 g/mol. The fraction of sp³-hybridized carbons (Fsp3) is 0.167. The quantitative estimate of drug-likeness (QED) is 0.826. The van der Waals surface area contributed by atoms with E-state index in [1.165, 1.54) is 5.56 Å². The summed E-state index contributed by atoms with van der Waals surface area (Å²) < 4.78 is 0. The number of rotatable bonds is 4. The molecule has 1 heterocycles. The van der Waals surface area contributed by atoms with Gasteiger partial charge in [0.25, 0.3) is 0 Å². The van der Waals surface area contributed by atoms with Gasteiger partial charge in [-0.2, -0.15) is 0 Å². The topological polar surface area (TPSA) is 37.8 Å². The van der Waals surface area contributed by atoms with Gasteiger partial charge in [-0.05, 0) is 11.1 Å². The van der Waals surface area contributed by atoms with Crippen LogP contribution < -0.4 is 5.32 Å². The Labute approximate surface area is 99.5 Å². The number of anilines is 1. The Kier molecular flexibility index (Phi) is 3.72. The number of hydrogen-bond acceptors (Lipinski definition) is 3. The van der Waals surface area contributed by atoms with Gasteiger partial charge in [0, 0.05) is 24.8 Å². The third-order valence-electron chi connectivity index (χ3n) is 2.21. The Hall–Kier alpha value is -1.61. The maximum absolute atomic E-state index is 5.72. The lowest BCUT2D eigenvalue weighted by Crippen LogP contribution is -2.01. The Morgan fingerprint density at radius 1 is 1.06 bits per heavy atom. The first kappa shape index (κ1) is 10.9. The Morgan fingerprint density at radius 2 is 1.81 bits per heavy atom. The van der Waals surface area contributed by atoms with Gasteiger partial charge in [0.15, 0.2) is 0 Å². The van der Waals surface area contributed by atoms with Crippen LogP contribution in [0.3, 0.4) is 0 Å². The van der Waals surface area contributed by atoms with Gasteiger partial charge in [-0.1, -0.05) is 24.3 Å². The van der Waals surface area contributed by atoms with Crippen molar-refractivity contribution in [3.05, 3.63) is 54.0 Å². The van der Waals surface area contributed by atoms with Gasteiger partial charge in [-0.25, -0.2) is 4.98 Å². The minimum atomic E-state index is 0.553. The number of benzene rings is 1. The molecule has 0 saturated heterocycles. The maximum atomic E-state index is 5.72. The van der Waals surface area contributed by atoms with E-state index in [1.54, 1.807) is 18.6 Å². The zero-order valence-electron chi connectivity index (χ0n) is 8.73. The molecule has 1 aromatic carbocycles. The fourth-order valence-electron chi connectivity index (χ4n) is 1.33. The van der Waals surface area contributed by atoms with Crippen LogP contribution in [0.1, 0.15) is 11.1 Å². The van der Waals surface area contributed by atoms with E-state index in [9.17, 15) is 0 Å². The lowest BCUT2D eigenvalue weighted by atomic mass is 10.1. The maximum Gasteiger partial charge on any atom is 0.144 e. The summed E-state index contributed by atoms with van der Waals surface area (Å²) in [6.07, 6.45) is 5.02. The van der Waals surface area contributed by atoms with Gasteiger partial charge in [-0.3, -0.25) is 4.98 Å². The number of alkyl halides is 1. The average Bonchev–Trinajstić information content (AvgIpc) is 2.38. The smallest absolute Gasteiger partial charge is 0.144 e. The molecule has 2 aromatic rings. The van der Waals surface area contributed by atoms with Crippen molar-refractivity contribution in [2.75, 3.05) is 5.32 Å². The predicted octanol–water partition coefficient (Wildman–Crippen LogP) is 2.83. The molecule has 0 atom stereocenters. The molecule has 3 nitrogen and oxygen atoms in total. The summed E-state index contributed by atoms with van der Waals surface area (Å²) in [4.78, 5) is 8.11. The monoisotopic (exact) mass is 233 g/mol. The van der Waals surface area contributed by atoms with Crippen LogP contribution in [0.4, 0.5) is 5.82 Å². The molecule has 0 amide bonds. The predicted molar refractivity (Wildman–Crippen MR) is 65.4 cm³/mol. The van der Waals surface area contributed by atoms with Crippen LogP contribution in [0, 0.1) is 0 Å². The summed E-state index contributed by atoms with van der Waals surface area (Å²) >= 11 is 5.72. The van der Waals surface area contributed by atoms with Crippen LogP contribution in [0.25, 0.3) is 0 Å². The lowest BCUT2D eigenvalue weighted by Gasteiger charge is -2.05. The first-order valence-electron chi connectivity index (χ1n) is 5.02. The van der Waals surface area contributed by atoms with Crippen LogP contribution in [0.15, 0.2) is 42.9 Å². The molecular formula is C12H12ClN3. The zero-order valence-corrected chi connectivity index (χ0v) is 9.48. The van der Waals surface area contributed by atoms with E-state index in [0.717, 1.165) is 17.9 Å². The van der Waals surface area contributed by atoms with Crippen LogP contribution in [0.2, 0.25) is 0 Å². The number of aromatic nitrogens is 2. The van der Waals surface area contributed by atoms with E-state index in [4.69, 9.17) is 11.6 Å². The van der Waals surface area contributed by atoms with Gasteiger partial charge in [0.2, 0.25) is 0 Å². The average molecular weight is 234 g/mol. The van der Waals surface area contributed by atoms with E-state index >= 15 is 0 Å². The third-order valence-corrected chi connectivity index (χ3v) is 2.52. The number of nitrogens with one attached hydrogen (secondary N) is 1. The summed E-state index contributed by atoms with van der Waals surface area (Å²) in [5, 5.41) is 3.19. The molecule has 2 rings (SSSR count). The highest BCUT2D eigenvalue weighted by atomic mass is 35.5. The third kappa shape index (κ3) is 2.94. The summed E-state index contributed by atoms with van der Waals surface area (Å²) in [6.45, 7) is 0.737. The van der Waals surface area contributed by atoms with E-state index in [0.29, 0.717) is 5.88 Å². The van der Waals surface area contributed by atoms with E-state index in [1.807, 2.05) is 12.1 Å². The molecule has 0 spiro atoms. The largest absolute Gasteiger partial charge is 0.365 e. The van der Waals surface area contributed by atoms with E-state index in [-0.39, 0.29) is 0 Å². The number of nitrogens with zero attached hydrogens (tertiary/aromatic N) is 2. The highest BCUT2D eigenvalue weighted by Gasteiger charge is 1.95. The van der Waals surface area contributed by atoms with E-state index < -0.39 is 0 Å². The summed E-state index contributed by atoms with van der Waals surface area (Å²) in [5.74, 6) is 1.33. The van der Waals surface area contributed by atoms with Crippen molar-refractivity contribution in [1.29, 1.82) is 0 Å². The molecule has 0 unspecified atom stereocenters. The molecule has 82 valence electrons. The van der Waals surface area contributed by atoms with Crippen molar-refractivity contribution in [1.82, 2.24) is 9.97 Å². The Bertz CT molecular complexity index is 428. The first-order valence-corrected chi connectivity index (χ1v) is 5.55. The highest BCUT2D eigenvalue weighted by molar-refractivity contribution is 6.17. The molecule has 4 heteroatoms. The fourth-order valence-corrected chi connectivity index (χ4v) is 1.51. The molecule has 0 aliphatic heterocycles. The van der Waals surface area contributed by atoms with Crippen molar-refractivity contribution >= 4 is 17.4 Å². The SMILES string of the molecule is ClCc1ccc(CNc2cnccn2)cc1. The van der Waals surface area contributed by atoms with Crippen molar-refractivity contribution in [2.24, 2.45) is 0 Å². The van der Waals surface area contributed by atoms with Crippen molar-refractivity contribution in [3.63, 3.8) is 0 Å². The van der Waals surface area contributed by atoms with Gasteiger partial charge >= 0.3 is 0 Å². The van der Waals surface area contributed by atoms with Crippen molar-refractivity contribution in [2.45, 2.75) is 12.4 Å². The van der Waals surface area contributed by atoms with Crippen molar-refractivity contribution < 1.29 is 0 Å². The van der Waals surface area contributed by atoms with Crippen LogP contribution in [-0.2, 0) is 12.4 Å². The summed E-state index contributed by atoms with van der Waals surface area (Å²) in [5.41, 5.74) is 2.32. The molecule has 0 saturated carbocycles. The Balaban J connectivity index is 1.94. The molecule has 0 bridgehead atoms. The molecule has 0 fully saturated rings. The molecule has 0 aliphatic rings. The van der Waals surface area contributed by atoms with Crippen molar-refractivity contribution in [3.8, 4) is 0 Å². The molecule has 0 aliphatic carbocycles. The minimum Gasteiger partial charge on any atom is -0.365 e. The zero-order chi connectivity index (χ0) is 11.2. The van der Waals surface area contributed by atoms with Crippen LogP contribution >= 0.6 is 11.6 Å². The second-order valence-corrected chi connectivity index (χ2v) is 3.66.